The molecule has 0 spiro atoms. The molecule has 1 fully saturated rings. The summed E-state index contributed by atoms with van der Waals surface area (Å²) in [7, 11) is 1.87. The Morgan fingerprint density at radius 2 is 1.81 bits per heavy atom. The molecular formula is C24H23N3O2S2. The second-order valence-electron chi connectivity index (χ2n) is 7.54. The maximum absolute atomic E-state index is 13.1. The second-order valence-corrected chi connectivity index (χ2v) is 9.65. The predicted molar refractivity (Wildman–Crippen MR) is 128 cm³/mol. The number of fused-ring (bicyclic) bond motifs is 1. The lowest BCUT2D eigenvalue weighted by atomic mass is 10.1. The Bertz CT molecular complexity index is 1180. The molecule has 1 saturated heterocycles. The van der Waals surface area contributed by atoms with Crippen LogP contribution in [0.15, 0.2) is 60.7 Å². The number of aromatic nitrogens is 1. The molecule has 7 heteroatoms. The first-order chi connectivity index (χ1) is 15.2. The van der Waals surface area contributed by atoms with Gasteiger partial charge in [0.1, 0.15) is 5.01 Å². The molecule has 0 unspecified atom stereocenters. The number of thiazole rings is 1. The van der Waals surface area contributed by atoms with Crippen LogP contribution in [0.3, 0.4) is 0 Å². The average Bonchev–Trinajstić information content (AvgIpc) is 3.47. The summed E-state index contributed by atoms with van der Waals surface area (Å²) in [6.07, 6.45) is 0. The number of rotatable bonds is 5. The van der Waals surface area contributed by atoms with Gasteiger partial charge in [0.15, 0.2) is 0 Å². The van der Waals surface area contributed by atoms with Crippen LogP contribution >= 0.6 is 22.7 Å². The minimum atomic E-state index is 0.0362. The molecule has 5 rings (SSSR count). The number of hydrogen-bond acceptors (Lipinski definition) is 6. The molecule has 0 radical (unpaired) electrons. The van der Waals surface area contributed by atoms with E-state index < -0.39 is 0 Å². The monoisotopic (exact) mass is 449 g/mol. The molecule has 0 bridgehead atoms. The van der Waals surface area contributed by atoms with E-state index in [-0.39, 0.29) is 5.91 Å². The van der Waals surface area contributed by atoms with Crippen molar-refractivity contribution in [3.8, 4) is 9.88 Å². The number of amides is 1. The third kappa shape index (κ3) is 4.21. The molecule has 0 N–H and O–H groups in total. The van der Waals surface area contributed by atoms with Crippen LogP contribution in [0.5, 0.6) is 0 Å². The minimum Gasteiger partial charge on any atom is -0.378 e. The van der Waals surface area contributed by atoms with Gasteiger partial charge in [-0.15, -0.1) is 22.7 Å². The summed E-state index contributed by atoms with van der Waals surface area (Å²) in [6, 6.07) is 20.4. The van der Waals surface area contributed by atoms with E-state index in [0.717, 1.165) is 56.8 Å². The Balaban J connectivity index is 1.33. The van der Waals surface area contributed by atoms with E-state index in [1.807, 2.05) is 43.4 Å². The zero-order valence-electron chi connectivity index (χ0n) is 17.3. The standard InChI is InChI=1S/C24H23N3O2S2/c1-26(16-17-6-2-4-8-19(17)27-12-14-29-15-13-27)24(28)22-11-10-21(30-22)23-25-18-7-3-5-9-20(18)31-23/h2-11H,12-16H2,1H3. The molecule has 2 aromatic carbocycles. The summed E-state index contributed by atoms with van der Waals surface area (Å²) in [6.45, 7) is 3.82. The fourth-order valence-electron chi connectivity index (χ4n) is 3.82. The first-order valence-electron chi connectivity index (χ1n) is 10.3. The topological polar surface area (TPSA) is 45.7 Å². The molecule has 4 aromatic rings. The van der Waals surface area contributed by atoms with Crippen LogP contribution < -0.4 is 4.90 Å². The quantitative estimate of drug-likeness (QED) is 0.424. The number of ether oxygens (including phenoxy) is 1. The van der Waals surface area contributed by atoms with Gasteiger partial charge in [-0.2, -0.15) is 0 Å². The third-order valence-corrected chi connectivity index (χ3v) is 7.70. The number of para-hydroxylation sites is 2. The van der Waals surface area contributed by atoms with Crippen molar-refractivity contribution in [1.82, 2.24) is 9.88 Å². The molecule has 0 atom stereocenters. The summed E-state index contributed by atoms with van der Waals surface area (Å²) in [4.78, 5) is 23.8. The van der Waals surface area contributed by atoms with Gasteiger partial charge in [-0.05, 0) is 35.9 Å². The van der Waals surface area contributed by atoms with E-state index in [1.54, 1.807) is 16.2 Å². The average molecular weight is 450 g/mol. The van der Waals surface area contributed by atoms with Crippen molar-refractivity contribution in [2.24, 2.45) is 0 Å². The second kappa shape index (κ2) is 8.78. The van der Waals surface area contributed by atoms with Gasteiger partial charge < -0.3 is 14.5 Å². The van der Waals surface area contributed by atoms with Gasteiger partial charge in [-0.3, -0.25) is 4.79 Å². The van der Waals surface area contributed by atoms with Crippen molar-refractivity contribution >= 4 is 44.5 Å². The number of hydrogen-bond donors (Lipinski definition) is 0. The summed E-state index contributed by atoms with van der Waals surface area (Å²) in [5, 5.41) is 0.963. The number of thiophene rings is 1. The summed E-state index contributed by atoms with van der Waals surface area (Å²) in [5.74, 6) is 0.0362. The Kier molecular flexibility index (Phi) is 5.72. The van der Waals surface area contributed by atoms with Crippen molar-refractivity contribution in [3.63, 3.8) is 0 Å². The van der Waals surface area contributed by atoms with Crippen LogP contribution in [0.1, 0.15) is 15.2 Å². The zero-order valence-corrected chi connectivity index (χ0v) is 18.9. The summed E-state index contributed by atoms with van der Waals surface area (Å²) in [5.41, 5.74) is 3.34. The molecule has 1 amide bonds. The Morgan fingerprint density at radius 3 is 2.65 bits per heavy atom. The highest BCUT2D eigenvalue weighted by Crippen LogP contribution is 2.35. The number of benzene rings is 2. The van der Waals surface area contributed by atoms with Gasteiger partial charge in [-0.25, -0.2) is 4.98 Å². The highest BCUT2D eigenvalue weighted by atomic mass is 32.1. The fraction of sp³-hybridized carbons (Fsp3) is 0.250. The molecule has 31 heavy (non-hydrogen) atoms. The Morgan fingerprint density at radius 1 is 1.03 bits per heavy atom. The van der Waals surface area contributed by atoms with E-state index >= 15 is 0 Å². The maximum Gasteiger partial charge on any atom is 0.263 e. The van der Waals surface area contributed by atoms with Crippen LogP contribution in [0.4, 0.5) is 5.69 Å². The largest absolute Gasteiger partial charge is 0.378 e. The van der Waals surface area contributed by atoms with E-state index in [0.29, 0.717) is 6.54 Å². The number of anilines is 1. The summed E-state index contributed by atoms with van der Waals surface area (Å²) < 4.78 is 6.65. The van der Waals surface area contributed by atoms with Gasteiger partial charge >= 0.3 is 0 Å². The first kappa shape index (κ1) is 20.2. The van der Waals surface area contributed by atoms with Crippen molar-refractivity contribution in [2.75, 3.05) is 38.3 Å². The van der Waals surface area contributed by atoms with Crippen LogP contribution in [-0.4, -0.2) is 49.1 Å². The minimum absolute atomic E-state index is 0.0362. The van der Waals surface area contributed by atoms with E-state index in [2.05, 4.69) is 29.2 Å². The molecule has 1 aliphatic rings. The van der Waals surface area contributed by atoms with Gasteiger partial charge in [0.05, 0.1) is 33.2 Å². The smallest absolute Gasteiger partial charge is 0.263 e. The van der Waals surface area contributed by atoms with Crippen LogP contribution in [0.2, 0.25) is 0 Å². The zero-order chi connectivity index (χ0) is 21.2. The van der Waals surface area contributed by atoms with Gasteiger partial charge in [0.2, 0.25) is 0 Å². The highest BCUT2D eigenvalue weighted by Gasteiger charge is 2.20. The van der Waals surface area contributed by atoms with Gasteiger partial charge in [0.25, 0.3) is 5.91 Å². The lowest BCUT2D eigenvalue weighted by Crippen LogP contribution is -2.37. The lowest BCUT2D eigenvalue weighted by molar-refractivity contribution is 0.0789. The molecule has 1 aliphatic heterocycles. The van der Waals surface area contributed by atoms with Crippen LogP contribution in [0, 0.1) is 0 Å². The predicted octanol–water partition coefficient (Wildman–Crippen LogP) is 5.13. The fourth-order valence-corrected chi connectivity index (χ4v) is 5.84. The van der Waals surface area contributed by atoms with Crippen LogP contribution in [0.25, 0.3) is 20.1 Å². The first-order valence-corrected chi connectivity index (χ1v) is 11.9. The molecule has 0 aliphatic carbocycles. The molecule has 0 saturated carbocycles. The Hall–Kier alpha value is -2.74. The number of nitrogens with zero attached hydrogens (tertiary/aromatic N) is 3. The number of morpholine rings is 1. The molecule has 3 heterocycles. The van der Waals surface area contributed by atoms with Crippen molar-refractivity contribution < 1.29 is 9.53 Å². The lowest BCUT2D eigenvalue weighted by Gasteiger charge is -2.31. The van der Waals surface area contributed by atoms with Gasteiger partial charge in [-0.1, -0.05) is 30.3 Å². The van der Waals surface area contributed by atoms with E-state index in [4.69, 9.17) is 9.72 Å². The molecule has 5 nitrogen and oxygen atoms in total. The van der Waals surface area contributed by atoms with E-state index in [1.165, 1.54) is 17.0 Å². The number of carbonyl (C=O) groups is 1. The van der Waals surface area contributed by atoms with Crippen molar-refractivity contribution in [1.29, 1.82) is 0 Å². The third-order valence-electron chi connectivity index (χ3n) is 5.42. The van der Waals surface area contributed by atoms with E-state index in [9.17, 15) is 4.79 Å². The number of carbonyl (C=O) groups excluding carboxylic acids is 1. The Labute approximate surface area is 189 Å². The summed E-state index contributed by atoms with van der Waals surface area (Å²) >= 11 is 3.17. The molecule has 2 aromatic heterocycles. The van der Waals surface area contributed by atoms with Crippen molar-refractivity contribution in [3.05, 3.63) is 71.1 Å². The molecule has 158 valence electrons. The SMILES string of the molecule is CN(Cc1ccccc1N1CCOCC1)C(=O)c1ccc(-c2nc3ccccc3s2)s1. The maximum atomic E-state index is 13.1. The highest BCUT2D eigenvalue weighted by molar-refractivity contribution is 7.26. The van der Waals surface area contributed by atoms with Gasteiger partial charge in [0, 0.05) is 32.4 Å². The molecular weight excluding hydrogens is 426 g/mol. The normalized spacial score (nSPS) is 14.2. The van der Waals surface area contributed by atoms with Crippen molar-refractivity contribution in [2.45, 2.75) is 6.54 Å². The van der Waals surface area contributed by atoms with Crippen LogP contribution in [-0.2, 0) is 11.3 Å².